The highest BCUT2D eigenvalue weighted by molar-refractivity contribution is 6.61. The number of aromatic nitrogens is 2. The first kappa shape index (κ1) is 46.6. The lowest BCUT2D eigenvalue weighted by Crippen LogP contribution is -2.37. The molecule has 1 aromatic heterocycles. The van der Waals surface area contributed by atoms with Crippen LogP contribution in [-0.2, 0) is 22.6 Å². The second-order valence-corrected chi connectivity index (χ2v) is 15.0. The molecule has 7 rings (SSSR count). The van der Waals surface area contributed by atoms with E-state index in [1.807, 2.05) is 0 Å². The lowest BCUT2D eigenvalue weighted by atomic mass is 10.1. The molecular formula is C42H41Cl5F2N4O7. The van der Waals surface area contributed by atoms with E-state index < -0.39 is 22.1 Å². The smallest absolute Gasteiger partial charge is 0.341 e. The van der Waals surface area contributed by atoms with Gasteiger partial charge < -0.3 is 23.7 Å². The molecule has 0 aliphatic carbocycles. The summed E-state index contributed by atoms with van der Waals surface area (Å²) in [6.07, 6.45) is 4.45. The Labute approximate surface area is 370 Å². The SMILES string of the molecule is C1CCNNC1.CCOC(=O)C(=C(Cl)Cl)c1cc(Oc2ccccc2OC)c(Cl)cc1F.COc1ccccc1Oc1cc(-c2c(Cl)n3n(c2=O)CCCC3)c(F)cc1Cl. The van der Waals surface area contributed by atoms with Crippen LogP contribution in [0, 0.1) is 11.6 Å². The number of esters is 1. The first-order valence-electron chi connectivity index (χ1n) is 18.7. The van der Waals surface area contributed by atoms with Crippen LogP contribution < -0.4 is 35.4 Å². The molecule has 60 heavy (non-hydrogen) atoms. The van der Waals surface area contributed by atoms with Crippen molar-refractivity contribution in [1.82, 2.24) is 20.2 Å². The number of nitrogens with zero attached hydrogens (tertiary/aromatic N) is 2. The number of halogens is 7. The molecule has 0 saturated carbocycles. The molecule has 5 aromatic rings. The Balaban J connectivity index is 0.000000200. The van der Waals surface area contributed by atoms with Crippen molar-refractivity contribution in [2.75, 3.05) is 33.9 Å². The lowest BCUT2D eigenvalue weighted by molar-refractivity contribution is -0.136. The van der Waals surface area contributed by atoms with Gasteiger partial charge >= 0.3 is 5.97 Å². The zero-order valence-corrected chi connectivity index (χ0v) is 36.5. The predicted octanol–water partition coefficient (Wildman–Crippen LogP) is 11.2. The molecule has 1 fully saturated rings. The average molecular weight is 929 g/mol. The molecule has 18 heteroatoms. The Morgan fingerprint density at radius 2 is 1.20 bits per heavy atom. The summed E-state index contributed by atoms with van der Waals surface area (Å²) in [6, 6.07) is 18.6. The average Bonchev–Trinajstić information content (AvgIpc) is 3.50. The van der Waals surface area contributed by atoms with Gasteiger partial charge in [0.05, 0.1) is 36.4 Å². The second kappa shape index (κ2) is 22.4. The Kier molecular flexibility index (Phi) is 17.4. The molecule has 0 unspecified atom stereocenters. The number of benzene rings is 4. The van der Waals surface area contributed by atoms with Crippen molar-refractivity contribution in [3.63, 3.8) is 0 Å². The van der Waals surface area contributed by atoms with Gasteiger partial charge in [0, 0.05) is 37.3 Å². The Morgan fingerprint density at radius 3 is 1.67 bits per heavy atom. The van der Waals surface area contributed by atoms with Crippen LogP contribution in [0.1, 0.15) is 38.2 Å². The summed E-state index contributed by atoms with van der Waals surface area (Å²) >= 11 is 30.2. The fraction of sp³-hybridized carbons (Fsp3) is 0.286. The minimum atomic E-state index is -0.864. The van der Waals surface area contributed by atoms with Crippen LogP contribution >= 0.6 is 58.0 Å². The normalized spacial score (nSPS) is 13.0. The lowest BCUT2D eigenvalue weighted by Gasteiger charge is -2.17. The topological polar surface area (TPSA) is 114 Å². The Morgan fingerprint density at radius 1 is 0.700 bits per heavy atom. The molecule has 0 bridgehead atoms. The van der Waals surface area contributed by atoms with Crippen LogP contribution in [0.4, 0.5) is 8.78 Å². The fourth-order valence-corrected chi connectivity index (χ4v) is 7.18. The van der Waals surface area contributed by atoms with Crippen molar-refractivity contribution in [3.8, 4) is 45.6 Å². The van der Waals surface area contributed by atoms with E-state index in [4.69, 9.17) is 81.7 Å². The monoisotopic (exact) mass is 926 g/mol. The van der Waals surface area contributed by atoms with E-state index in [0.29, 0.717) is 36.1 Å². The molecule has 0 atom stereocenters. The highest BCUT2D eigenvalue weighted by Gasteiger charge is 2.26. The summed E-state index contributed by atoms with van der Waals surface area (Å²) in [5.41, 5.74) is 5.39. The fourth-order valence-electron chi connectivity index (χ4n) is 6.09. The van der Waals surface area contributed by atoms with E-state index in [1.54, 1.807) is 64.8 Å². The summed E-state index contributed by atoms with van der Waals surface area (Å²) in [6.45, 7) is 5.13. The first-order valence-corrected chi connectivity index (χ1v) is 20.6. The molecule has 3 heterocycles. The second-order valence-electron chi connectivity index (χ2n) is 12.9. The molecule has 2 aliphatic rings. The minimum Gasteiger partial charge on any atom is -0.493 e. The number of hydrogen-bond donors (Lipinski definition) is 2. The summed E-state index contributed by atoms with van der Waals surface area (Å²) in [5.74, 6) is -0.290. The van der Waals surface area contributed by atoms with Crippen molar-refractivity contribution < 1.29 is 37.3 Å². The highest BCUT2D eigenvalue weighted by atomic mass is 35.5. The number of hydrazine groups is 1. The van der Waals surface area contributed by atoms with Crippen molar-refractivity contribution >= 4 is 69.5 Å². The molecule has 0 radical (unpaired) electrons. The molecule has 0 spiro atoms. The number of carbonyl (C=O) groups excluding carboxylic acids is 1. The Bertz CT molecular complexity index is 2370. The van der Waals surface area contributed by atoms with Gasteiger partial charge in [-0.25, -0.2) is 18.3 Å². The summed E-state index contributed by atoms with van der Waals surface area (Å²) in [5, 5.41) is 0.285. The van der Waals surface area contributed by atoms with Gasteiger partial charge in [-0.1, -0.05) is 82.3 Å². The molecule has 2 aliphatic heterocycles. The molecule has 0 amide bonds. The van der Waals surface area contributed by atoms with Crippen LogP contribution in [0.25, 0.3) is 16.7 Å². The van der Waals surface area contributed by atoms with Gasteiger partial charge in [-0.15, -0.1) is 0 Å². The van der Waals surface area contributed by atoms with E-state index in [0.717, 1.165) is 38.1 Å². The zero-order chi connectivity index (χ0) is 43.3. The predicted molar refractivity (Wildman–Crippen MR) is 231 cm³/mol. The molecule has 320 valence electrons. The summed E-state index contributed by atoms with van der Waals surface area (Å²) in [4.78, 5) is 24.9. The van der Waals surface area contributed by atoms with E-state index in [1.165, 1.54) is 39.2 Å². The molecule has 4 aromatic carbocycles. The number of rotatable bonds is 10. The maximum atomic E-state index is 14.7. The van der Waals surface area contributed by atoms with Crippen LogP contribution in [0.3, 0.4) is 0 Å². The molecule has 2 N–H and O–H groups in total. The maximum Gasteiger partial charge on any atom is 0.341 e. The van der Waals surface area contributed by atoms with Crippen LogP contribution in [0.2, 0.25) is 15.2 Å². The standard InChI is InChI=1S/C20H17Cl2FN2O3.C18H14Cl3FO4.C4H10N2/c1-27-15-6-2-3-7-16(15)28-17-10-12(14(23)11-13(17)21)18-19(22)24-8-4-5-9-25(24)20(18)26;1-3-25-18(23)16(17(20)21)10-8-15(11(19)9-12(10)22)26-14-7-5-4-6-13(14)24-2;1-2-4-6-5-3-1/h2-3,6-7,10-11H,4-5,8-9H2,1H3;4-9H,3H2,1-2H3;5-6H,1-4H2. The number of methoxy groups -OCH3 is 2. The van der Waals surface area contributed by atoms with Gasteiger partial charge in [-0.2, -0.15) is 0 Å². The number of fused-ring (bicyclic) bond motifs is 1. The van der Waals surface area contributed by atoms with Gasteiger partial charge in [-0.05, 0) is 81.1 Å². The van der Waals surface area contributed by atoms with Crippen molar-refractivity contribution in [3.05, 3.63) is 120 Å². The van der Waals surface area contributed by atoms with Gasteiger partial charge in [0.25, 0.3) is 5.56 Å². The number of hydrogen-bond acceptors (Lipinski definition) is 9. The van der Waals surface area contributed by atoms with E-state index >= 15 is 0 Å². The molecular weight excluding hydrogens is 888 g/mol. The van der Waals surface area contributed by atoms with Gasteiger partial charge in [0.15, 0.2) is 23.0 Å². The first-order chi connectivity index (χ1) is 28.9. The van der Waals surface area contributed by atoms with Crippen molar-refractivity contribution in [2.24, 2.45) is 0 Å². The van der Waals surface area contributed by atoms with Crippen molar-refractivity contribution in [2.45, 2.75) is 45.7 Å². The highest BCUT2D eigenvalue weighted by Crippen LogP contribution is 2.41. The summed E-state index contributed by atoms with van der Waals surface area (Å²) < 4.78 is 58.9. The van der Waals surface area contributed by atoms with E-state index in [9.17, 15) is 18.4 Å². The quantitative estimate of drug-likeness (QED) is 0.104. The van der Waals surface area contributed by atoms with Gasteiger partial charge in [-0.3, -0.25) is 20.3 Å². The van der Waals surface area contributed by atoms with E-state index in [2.05, 4.69) is 10.9 Å². The largest absolute Gasteiger partial charge is 0.493 e. The van der Waals surface area contributed by atoms with E-state index in [-0.39, 0.29) is 61.1 Å². The van der Waals surface area contributed by atoms with Crippen molar-refractivity contribution in [1.29, 1.82) is 0 Å². The maximum absolute atomic E-state index is 14.7. The third-order valence-corrected chi connectivity index (χ3v) is 10.3. The summed E-state index contributed by atoms with van der Waals surface area (Å²) in [7, 11) is 3.00. The number of ether oxygens (including phenoxy) is 5. The van der Waals surface area contributed by atoms with Gasteiger partial charge in [0.1, 0.15) is 38.4 Å². The third kappa shape index (κ3) is 11.5. The van der Waals surface area contributed by atoms with Gasteiger partial charge in [0.2, 0.25) is 0 Å². The van der Waals surface area contributed by atoms with Crippen LogP contribution in [-0.4, -0.2) is 49.2 Å². The van der Waals surface area contributed by atoms with Crippen LogP contribution in [0.15, 0.2) is 82.1 Å². The van der Waals surface area contributed by atoms with Crippen LogP contribution in [0.5, 0.6) is 34.5 Å². The third-order valence-electron chi connectivity index (χ3n) is 8.97. The number of nitrogens with one attached hydrogen (secondary N) is 2. The Hall–Kier alpha value is -4.47. The zero-order valence-electron chi connectivity index (χ0n) is 32.7. The molecule has 1 saturated heterocycles. The minimum absolute atomic E-state index is 0.00828. The number of carbonyl (C=O) groups is 1. The molecule has 11 nitrogen and oxygen atoms in total. The number of para-hydroxylation sites is 4.